The second kappa shape index (κ2) is 6.90. The van der Waals surface area contributed by atoms with E-state index in [0.717, 1.165) is 24.2 Å². The molecule has 6 heteroatoms. The quantitative estimate of drug-likeness (QED) is 0.627. The molecule has 1 heterocycles. The molecule has 2 N–H and O–H groups in total. The molecule has 0 unspecified atom stereocenters. The SMILES string of the molecule is COC(=O)COc1ccc(NC(=O)C(C)=C2CNC2)cc1. The summed E-state index contributed by atoms with van der Waals surface area (Å²) < 4.78 is 9.71. The maximum absolute atomic E-state index is 12.0. The van der Waals surface area contributed by atoms with Crippen molar-refractivity contribution in [2.75, 3.05) is 32.1 Å². The summed E-state index contributed by atoms with van der Waals surface area (Å²) in [5.74, 6) is -0.00451. The third kappa shape index (κ3) is 4.06. The molecule has 1 amide bonds. The monoisotopic (exact) mass is 290 g/mol. The molecule has 1 aromatic carbocycles. The lowest BCUT2D eigenvalue weighted by molar-refractivity contribution is -0.142. The minimum Gasteiger partial charge on any atom is -0.482 e. The number of methoxy groups -OCH3 is 1. The topological polar surface area (TPSA) is 76.7 Å². The number of anilines is 1. The summed E-state index contributed by atoms with van der Waals surface area (Å²) in [6.07, 6.45) is 0. The van der Waals surface area contributed by atoms with Gasteiger partial charge in [0, 0.05) is 24.4 Å². The zero-order chi connectivity index (χ0) is 15.2. The van der Waals surface area contributed by atoms with Crippen LogP contribution in [-0.2, 0) is 14.3 Å². The van der Waals surface area contributed by atoms with E-state index < -0.39 is 5.97 Å². The Bertz CT molecular complexity index is 558. The molecule has 0 spiro atoms. The van der Waals surface area contributed by atoms with Gasteiger partial charge in [-0.15, -0.1) is 0 Å². The number of nitrogens with one attached hydrogen (secondary N) is 2. The number of carbonyl (C=O) groups excluding carboxylic acids is 2. The highest BCUT2D eigenvalue weighted by Crippen LogP contribution is 2.17. The first-order valence-corrected chi connectivity index (χ1v) is 6.60. The van der Waals surface area contributed by atoms with Gasteiger partial charge < -0.3 is 20.1 Å². The Morgan fingerprint density at radius 3 is 2.43 bits per heavy atom. The number of benzene rings is 1. The molecule has 0 radical (unpaired) electrons. The lowest BCUT2D eigenvalue weighted by Crippen LogP contribution is -2.36. The lowest BCUT2D eigenvalue weighted by atomic mass is 10.0. The number of hydrogen-bond acceptors (Lipinski definition) is 5. The highest BCUT2D eigenvalue weighted by atomic mass is 16.6. The summed E-state index contributed by atoms with van der Waals surface area (Å²) in [4.78, 5) is 23.0. The van der Waals surface area contributed by atoms with Gasteiger partial charge in [0.2, 0.25) is 0 Å². The van der Waals surface area contributed by atoms with E-state index in [9.17, 15) is 9.59 Å². The molecule has 1 fully saturated rings. The molecule has 1 saturated heterocycles. The highest BCUT2D eigenvalue weighted by molar-refractivity contribution is 6.04. The maximum Gasteiger partial charge on any atom is 0.343 e. The maximum atomic E-state index is 12.0. The van der Waals surface area contributed by atoms with Crippen LogP contribution >= 0.6 is 0 Å². The van der Waals surface area contributed by atoms with Crippen LogP contribution in [0, 0.1) is 0 Å². The van der Waals surface area contributed by atoms with Crippen LogP contribution in [0.15, 0.2) is 35.4 Å². The van der Waals surface area contributed by atoms with Gasteiger partial charge in [-0.2, -0.15) is 0 Å². The Labute approximate surface area is 123 Å². The summed E-state index contributed by atoms with van der Waals surface area (Å²) in [5, 5.41) is 5.93. The molecule has 0 atom stereocenters. The van der Waals surface area contributed by atoms with Crippen LogP contribution in [0.2, 0.25) is 0 Å². The van der Waals surface area contributed by atoms with Crippen molar-refractivity contribution in [1.29, 1.82) is 0 Å². The van der Waals surface area contributed by atoms with Gasteiger partial charge in [0.25, 0.3) is 5.91 Å². The third-order valence-electron chi connectivity index (χ3n) is 3.24. The number of hydrogen-bond donors (Lipinski definition) is 2. The van der Waals surface area contributed by atoms with Crippen molar-refractivity contribution in [2.24, 2.45) is 0 Å². The van der Waals surface area contributed by atoms with E-state index in [2.05, 4.69) is 15.4 Å². The molecule has 1 aliphatic rings. The molecule has 112 valence electrons. The Morgan fingerprint density at radius 1 is 1.24 bits per heavy atom. The summed E-state index contributed by atoms with van der Waals surface area (Å²) in [6.45, 7) is 3.23. The summed E-state index contributed by atoms with van der Waals surface area (Å²) in [5.41, 5.74) is 2.56. The van der Waals surface area contributed by atoms with Gasteiger partial charge in [0.1, 0.15) is 5.75 Å². The number of carbonyl (C=O) groups is 2. The van der Waals surface area contributed by atoms with E-state index in [1.54, 1.807) is 24.3 Å². The van der Waals surface area contributed by atoms with Crippen molar-refractivity contribution in [3.63, 3.8) is 0 Å². The normalized spacial score (nSPS) is 13.1. The summed E-state index contributed by atoms with van der Waals surface area (Å²) in [6, 6.07) is 6.82. The van der Waals surface area contributed by atoms with Crippen molar-refractivity contribution in [1.82, 2.24) is 5.32 Å². The van der Waals surface area contributed by atoms with E-state index in [1.807, 2.05) is 6.92 Å². The molecule has 1 aliphatic heterocycles. The molecule has 0 saturated carbocycles. The van der Waals surface area contributed by atoms with Gasteiger partial charge in [-0.25, -0.2) is 4.79 Å². The average molecular weight is 290 g/mol. The predicted molar refractivity (Wildman–Crippen MR) is 78.2 cm³/mol. The van der Waals surface area contributed by atoms with E-state index in [4.69, 9.17) is 4.74 Å². The second-order valence-electron chi connectivity index (χ2n) is 4.68. The van der Waals surface area contributed by atoms with Gasteiger partial charge >= 0.3 is 5.97 Å². The molecule has 0 aliphatic carbocycles. The van der Waals surface area contributed by atoms with Crippen LogP contribution in [0.25, 0.3) is 0 Å². The van der Waals surface area contributed by atoms with E-state index in [0.29, 0.717) is 11.4 Å². The lowest BCUT2D eigenvalue weighted by Gasteiger charge is -2.21. The smallest absolute Gasteiger partial charge is 0.343 e. The van der Waals surface area contributed by atoms with Crippen molar-refractivity contribution in [2.45, 2.75) is 6.92 Å². The van der Waals surface area contributed by atoms with E-state index in [-0.39, 0.29) is 12.5 Å². The number of esters is 1. The summed E-state index contributed by atoms with van der Waals surface area (Å²) in [7, 11) is 1.30. The number of rotatable bonds is 5. The van der Waals surface area contributed by atoms with Crippen molar-refractivity contribution < 1.29 is 19.1 Å². The molecule has 0 aromatic heterocycles. The van der Waals surface area contributed by atoms with Crippen LogP contribution in [0.1, 0.15) is 6.92 Å². The fourth-order valence-electron chi connectivity index (χ4n) is 1.74. The Balaban J connectivity index is 1.90. The van der Waals surface area contributed by atoms with E-state index in [1.165, 1.54) is 7.11 Å². The van der Waals surface area contributed by atoms with Crippen molar-refractivity contribution >= 4 is 17.6 Å². The molecule has 6 nitrogen and oxygen atoms in total. The van der Waals surface area contributed by atoms with Crippen LogP contribution in [0.5, 0.6) is 5.75 Å². The van der Waals surface area contributed by atoms with Crippen LogP contribution in [0.3, 0.4) is 0 Å². The van der Waals surface area contributed by atoms with Gasteiger partial charge in [-0.3, -0.25) is 4.79 Å². The van der Waals surface area contributed by atoms with Crippen LogP contribution in [0.4, 0.5) is 5.69 Å². The molecule has 21 heavy (non-hydrogen) atoms. The predicted octanol–water partition coefficient (Wildman–Crippen LogP) is 1.10. The van der Waals surface area contributed by atoms with E-state index >= 15 is 0 Å². The summed E-state index contributed by atoms with van der Waals surface area (Å²) >= 11 is 0. The van der Waals surface area contributed by atoms with Crippen molar-refractivity contribution in [3.8, 4) is 5.75 Å². The third-order valence-corrected chi connectivity index (χ3v) is 3.24. The number of amides is 1. The van der Waals surface area contributed by atoms with Gasteiger partial charge in [-0.1, -0.05) is 0 Å². The number of ether oxygens (including phenoxy) is 2. The Hall–Kier alpha value is -2.34. The minimum atomic E-state index is -0.441. The fraction of sp³-hybridized carbons (Fsp3) is 0.333. The molecular formula is C15H18N2O4. The molecule has 1 aromatic rings. The molecule has 0 bridgehead atoms. The largest absolute Gasteiger partial charge is 0.482 e. The minimum absolute atomic E-state index is 0.102. The zero-order valence-corrected chi connectivity index (χ0v) is 12.1. The molecule has 2 rings (SSSR count). The highest BCUT2D eigenvalue weighted by Gasteiger charge is 2.16. The first-order valence-electron chi connectivity index (χ1n) is 6.60. The fourth-order valence-corrected chi connectivity index (χ4v) is 1.74. The van der Waals surface area contributed by atoms with Gasteiger partial charge in [0.15, 0.2) is 6.61 Å². The van der Waals surface area contributed by atoms with Gasteiger partial charge in [0.05, 0.1) is 7.11 Å². The van der Waals surface area contributed by atoms with Crippen LogP contribution < -0.4 is 15.4 Å². The van der Waals surface area contributed by atoms with Crippen molar-refractivity contribution in [3.05, 3.63) is 35.4 Å². The first-order chi connectivity index (χ1) is 10.1. The average Bonchev–Trinajstić information content (AvgIpc) is 2.44. The Morgan fingerprint density at radius 2 is 1.90 bits per heavy atom. The first kappa shape index (κ1) is 15.1. The van der Waals surface area contributed by atoms with Crippen LogP contribution in [-0.4, -0.2) is 38.7 Å². The Kier molecular flexibility index (Phi) is 4.94. The standard InChI is InChI=1S/C15H18N2O4/c1-10(11-7-16-8-11)15(19)17-12-3-5-13(6-4-12)21-9-14(18)20-2/h3-6,16H,7-9H2,1-2H3,(H,17,19). The zero-order valence-electron chi connectivity index (χ0n) is 12.1. The molecular weight excluding hydrogens is 272 g/mol. The van der Waals surface area contributed by atoms with Gasteiger partial charge in [-0.05, 0) is 36.8 Å². The second-order valence-corrected chi connectivity index (χ2v) is 4.68.